The van der Waals surface area contributed by atoms with Crippen LogP contribution in [0.3, 0.4) is 0 Å². The fourth-order valence-electron chi connectivity index (χ4n) is 2.92. The van der Waals surface area contributed by atoms with E-state index in [0.29, 0.717) is 22.8 Å². The maximum Gasteiger partial charge on any atom is 0.261 e. The first-order valence-electron chi connectivity index (χ1n) is 9.31. The molecule has 0 unspecified atom stereocenters. The number of anilines is 2. The van der Waals surface area contributed by atoms with Gasteiger partial charge in [0.05, 0.1) is 16.1 Å². The van der Waals surface area contributed by atoms with Crippen LogP contribution in [0.2, 0.25) is 0 Å². The number of sulfonamides is 1. The van der Waals surface area contributed by atoms with Crippen LogP contribution in [0, 0.1) is 0 Å². The van der Waals surface area contributed by atoms with Gasteiger partial charge in [-0.1, -0.05) is 47.6 Å². The average molecular weight is 434 g/mol. The summed E-state index contributed by atoms with van der Waals surface area (Å²) in [6.45, 7) is 1.38. The van der Waals surface area contributed by atoms with Crippen molar-refractivity contribution in [1.82, 2.24) is 10.1 Å². The molecule has 8 nitrogen and oxygen atoms in total. The Kier molecular flexibility index (Phi) is 5.50. The lowest BCUT2D eigenvalue weighted by Crippen LogP contribution is -2.14. The SMILES string of the molecule is CC(=O)Nc1ccc(S(=O)(=O)Nc2ccccc2-c2nc(-c3ccccc3)no2)cc1. The van der Waals surface area contributed by atoms with E-state index in [9.17, 15) is 13.2 Å². The second-order valence-corrected chi connectivity index (χ2v) is 8.33. The van der Waals surface area contributed by atoms with Gasteiger partial charge in [-0.15, -0.1) is 0 Å². The number of amides is 1. The zero-order valence-corrected chi connectivity index (χ0v) is 17.3. The highest BCUT2D eigenvalue weighted by molar-refractivity contribution is 7.92. The summed E-state index contributed by atoms with van der Waals surface area (Å²) in [5, 5.41) is 6.59. The largest absolute Gasteiger partial charge is 0.334 e. The summed E-state index contributed by atoms with van der Waals surface area (Å²) in [6.07, 6.45) is 0. The monoisotopic (exact) mass is 434 g/mol. The molecule has 31 heavy (non-hydrogen) atoms. The van der Waals surface area contributed by atoms with Gasteiger partial charge in [0, 0.05) is 18.2 Å². The molecule has 1 amide bonds. The van der Waals surface area contributed by atoms with Crippen molar-refractivity contribution in [2.24, 2.45) is 0 Å². The van der Waals surface area contributed by atoms with E-state index in [2.05, 4.69) is 20.2 Å². The van der Waals surface area contributed by atoms with E-state index >= 15 is 0 Å². The van der Waals surface area contributed by atoms with Crippen molar-refractivity contribution in [2.75, 3.05) is 10.0 Å². The molecule has 4 aromatic rings. The number of para-hydroxylation sites is 1. The molecular weight excluding hydrogens is 416 g/mol. The maximum absolute atomic E-state index is 12.9. The maximum atomic E-state index is 12.9. The predicted molar refractivity (Wildman–Crippen MR) is 117 cm³/mol. The van der Waals surface area contributed by atoms with Crippen molar-refractivity contribution in [3.8, 4) is 22.8 Å². The van der Waals surface area contributed by atoms with Crippen molar-refractivity contribution in [3.05, 3.63) is 78.9 Å². The predicted octanol–water partition coefficient (Wildman–Crippen LogP) is 4.16. The molecule has 0 aliphatic heterocycles. The molecule has 0 spiro atoms. The molecule has 2 N–H and O–H groups in total. The molecule has 0 saturated carbocycles. The van der Waals surface area contributed by atoms with E-state index in [0.717, 1.165) is 5.56 Å². The van der Waals surface area contributed by atoms with E-state index in [1.165, 1.54) is 31.2 Å². The van der Waals surface area contributed by atoms with Gasteiger partial charge in [-0.25, -0.2) is 8.42 Å². The number of nitrogens with zero attached hydrogens (tertiary/aromatic N) is 2. The van der Waals surface area contributed by atoms with Crippen LogP contribution in [0.25, 0.3) is 22.8 Å². The normalized spacial score (nSPS) is 11.1. The number of carbonyl (C=O) groups is 1. The van der Waals surface area contributed by atoms with Crippen LogP contribution < -0.4 is 10.0 Å². The highest BCUT2D eigenvalue weighted by atomic mass is 32.2. The molecule has 3 aromatic carbocycles. The lowest BCUT2D eigenvalue weighted by Gasteiger charge is -2.11. The molecule has 0 radical (unpaired) electrons. The van der Waals surface area contributed by atoms with E-state index in [-0.39, 0.29) is 16.7 Å². The number of aromatic nitrogens is 2. The molecule has 156 valence electrons. The fourth-order valence-corrected chi connectivity index (χ4v) is 4.00. The lowest BCUT2D eigenvalue weighted by atomic mass is 10.2. The van der Waals surface area contributed by atoms with Crippen LogP contribution in [0.5, 0.6) is 0 Å². The summed E-state index contributed by atoms with van der Waals surface area (Å²) in [5.41, 5.74) is 2.05. The van der Waals surface area contributed by atoms with Gasteiger partial charge in [-0.3, -0.25) is 9.52 Å². The van der Waals surface area contributed by atoms with Crippen molar-refractivity contribution in [3.63, 3.8) is 0 Å². The molecule has 0 aliphatic rings. The number of nitrogens with one attached hydrogen (secondary N) is 2. The smallest absolute Gasteiger partial charge is 0.261 e. The molecule has 1 aromatic heterocycles. The van der Waals surface area contributed by atoms with Crippen molar-refractivity contribution < 1.29 is 17.7 Å². The molecule has 0 fully saturated rings. The summed E-state index contributed by atoms with van der Waals surface area (Å²) in [5.74, 6) is 0.358. The number of hydrogen-bond donors (Lipinski definition) is 2. The van der Waals surface area contributed by atoms with Crippen molar-refractivity contribution in [1.29, 1.82) is 0 Å². The fraction of sp³-hybridized carbons (Fsp3) is 0.0455. The Bertz CT molecular complexity index is 1320. The van der Waals surface area contributed by atoms with Crippen LogP contribution in [0.4, 0.5) is 11.4 Å². The third kappa shape index (κ3) is 4.62. The highest BCUT2D eigenvalue weighted by Crippen LogP contribution is 2.30. The standard InChI is InChI=1S/C22H18N4O4S/c1-15(27)23-17-11-13-18(14-12-17)31(28,29)26-20-10-6-5-9-19(20)22-24-21(25-30-22)16-7-3-2-4-8-16/h2-14,26H,1H3,(H,23,27). The minimum atomic E-state index is -3.89. The van der Waals surface area contributed by atoms with Gasteiger partial charge in [0.25, 0.3) is 15.9 Å². The summed E-state index contributed by atoms with van der Waals surface area (Å²) >= 11 is 0. The van der Waals surface area contributed by atoms with Crippen LogP contribution in [-0.2, 0) is 14.8 Å². The summed E-state index contributed by atoms with van der Waals surface area (Å²) in [7, 11) is -3.89. The van der Waals surface area contributed by atoms with Gasteiger partial charge in [0.2, 0.25) is 11.7 Å². The van der Waals surface area contributed by atoms with Gasteiger partial charge < -0.3 is 9.84 Å². The molecule has 1 heterocycles. The van der Waals surface area contributed by atoms with Gasteiger partial charge in [0.1, 0.15) is 0 Å². The Morgan fingerprint density at radius 2 is 1.58 bits per heavy atom. The Hall–Kier alpha value is -3.98. The Morgan fingerprint density at radius 3 is 2.29 bits per heavy atom. The summed E-state index contributed by atoms with van der Waals surface area (Å²) < 4.78 is 33.7. The molecular formula is C22H18N4O4S. The van der Waals surface area contributed by atoms with Crippen molar-refractivity contribution >= 4 is 27.3 Å². The Balaban J connectivity index is 1.62. The van der Waals surface area contributed by atoms with Crippen molar-refractivity contribution in [2.45, 2.75) is 11.8 Å². The third-order valence-electron chi connectivity index (χ3n) is 4.34. The van der Waals surface area contributed by atoms with E-state index < -0.39 is 10.0 Å². The second-order valence-electron chi connectivity index (χ2n) is 6.65. The highest BCUT2D eigenvalue weighted by Gasteiger charge is 2.19. The molecule has 9 heteroatoms. The second kappa shape index (κ2) is 8.41. The average Bonchev–Trinajstić information content (AvgIpc) is 3.25. The molecule has 0 aliphatic carbocycles. The summed E-state index contributed by atoms with van der Waals surface area (Å²) in [4.78, 5) is 15.6. The number of rotatable bonds is 6. The quantitative estimate of drug-likeness (QED) is 0.471. The van der Waals surface area contributed by atoms with Crippen LogP contribution >= 0.6 is 0 Å². The first kappa shape index (κ1) is 20.3. The zero-order chi connectivity index (χ0) is 21.8. The molecule has 4 rings (SSSR count). The number of hydrogen-bond acceptors (Lipinski definition) is 6. The number of carbonyl (C=O) groups excluding carboxylic acids is 1. The minimum absolute atomic E-state index is 0.0481. The first-order valence-corrected chi connectivity index (χ1v) is 10.8. The zero-order valence-electron chi connectivity index (χ0n) is 16.4. The number of benzene rings is 3. The first-order chi connectivity index (χ1) is 14.9. The van der Waals surface area contributed by atoms with Crippen LogP contribution in [-0.4, -0.2) is 24.5 Å². The Labute approximate surface area is 179 Å². The van der Waals surface area contributed by atoms with E-state index in [1.54, 1.807) is 24.3 Å². The van der Waals surface area contributed by atoms with E-state index in [4.69, 9.17) is 4.52 Å². The molecule has 0 saturated heterocycles. The van der Waals surface area contributed by atoms with Crippen LogP contribution in [0.15, 0.2) is 88.3 Å². The Morgan fingerprint density at radius 1 is 0.903 bits per heavy atom. The minimum Gasteiger partial charge on any atom is -0.334 e. The summed E-state index contributed by atoms with van der Waals surface area (Å²) in [6, 6.07) is 22.0. The van der Waals surface area contributed by atoms with E-state index in [1.807, 2.05) is 30.3 Å². The molecule has 0 atom stereocenters. The van der Waals surface area contributed by atoms with Gasteiger partial charge in [-0.05, 0) is 36.4 Å². The third-order valence-corrected chi connectivity index (χ3v) is 5.73. The van der Waals surface area contributed by atoms with Gasteiger partial charge >= 0.3 is 0 Å². The molecule has 0 bridgehead atoms. The van der Waals surface area contributed by atoms with Crippen LogP contribution in [0.1, 0.15) is 6.92 Å². The van der Waals surface area contributed by atoms with Gasteiger partial charge in [0.15, 0.2) is 0 Å². The lowest BCUT2D eigenvalue weighted by molar-refractivity contribution is -0.114. The van der Waals surface area contributed by atoms with Gasteiger partial charge in [-0.2, -0.15) is 4.98 Å². The topological polar surface area (TPSA) is 114 Å².